The summed E-state index contributed by atoms with van der Waals surface area (Å²) in [5.74, 6) is 3.43. The van der Waals surface area contributed by atoms with Crippen LogP contribution in [0, 0.1) is 0 Å². The van der Waals surface area contributed by atoms with Gasteiger partial charge >= 0.3 is 0 Å². The second-order valence-corrected chi connectivity index (χ2v) is 6.91. The Morgan fingerprint density at radius 2 is 1.84 bits per heavy atom. The highest BCUT2D eigenvalue weighted by Gasteiger charge is 2.29. The van der Waals surface area contributed by atoms with Gasteiger partial charge in [-0.2, -0.15) is 11.8 Å². The van der Waals surface area contributed by atoms with Crippen molar-refractivity contribution < 1.29 is 0 Å². The maximum absolute atomic E-state index is 3.72. The van der Waals surface area contributed by atoms with E-state index in [4.69, 9.17) is 0 Å². The fourth-order valence-electron chi connectivity index (χ4n) is 3.03. The fourth-order valence-corrected chi connectivity index (χ4v) is 4.01. The molecule has 1 aromatic carbocycles. The Kier molecular flexibility index (Phi) is 4.81. The molecule has 3 rings (SSSR count). The quantitative estimate of drug-likeness (QED) is 0.890. The van der Waals surface area contributed by atoms with Gasteiger partial charge < -0.3 is 10.2 Å². The van der Waals surface area contributed by atoms with Crippen LogP contribution in [-0.2, 0) is 0 Å². The van der Waals surface area contributed by atoms with E-state index in [2.05, 4.69) is 52.3 Å². The van der Waals surface area contributed by atoms with E-state index in [0.29, 0.717) is 0 Å². The first-order valence-electron chi connectivity index (χ1n) is 7.50. The normalized spacial score (nSPS) is 28.0. The minimum absolute atomic E-state index is 0.754. The molecule has 2 fully saturated rings. The van der Waals surface area contributed by atoms with E-state index in [1.54, 1.807) is 0 Å². The van der Waals surface area contributed by atoms with E-state index in [9.17, 15) is 0 Å². The average molecular weight is 276 g/mol. The number of hydrogen-bond acceptors (Lipinski definition) is 3. The summed E-state index contributed by atoms with van der Waals surface area (Å²) in [6.07, 6.45) is 2.64. The van der Waals surface area contributed by atoms with E-state index in [1.807, 2.05) is 0 Å². The zero-order valence-corrected chi connectivity index (χ0v) is 12.4. The minimum Gasteiger partial charge on any atom is -0.313 e. The van der Waals surface area contributed by atoms with E-state index < -0.39 is 0 Å². The van der Waals surface area contributed by atoms with Crippen LogP contribution in [0.1, 0.15) is 24.3 Å². The highest BCUT2D eigenvalue weighted by atomic mass is 32.2. The van der Waals surface area contributed by atoms with Gasteiger partial charge in [0, 0.05) is 43.7 Å². The predicted octanol–water partition coefficient (Wildman–Crippen LogP) is 2.57. The molecule has 3 heteroatoms. The Morgan fingerprint density at radius 3 is 2.58 bits per heavy atom. The van der Waals surface area contributed by atoms with Gasteiger partial charge in [0.05, 0.1) is 0 Å². The minimum atomic E-state index is 0.754. The third-order valence-corrected chi connectivity index (χ3v) is 5.32. The summed E-state index contributed by atoms with van der Waals surface area (Å²) in [5, 5.41) is 3.72. The molecule has 0 atom stereocenters. The zero-order chi connectivity index (χ0) is 12.9. The van der Waals surface area contributed by atoms with Crippen molar-refractivity contribution in [3.63, 3.8) is 0 Å². The molecule has 0 unspecified atom stereocenters. The van der Waals surface area contributed by atoms with Crippen LogP contribution in [0.5, 0.6) is 0 Å². The van der Waals surface area contributed by atoms with Gasteiger partial charge in [-0.3, -0.25) is 0 Å². The highest BCUT2D eigenvalue weighted by Crippen LogP contribution is 2.36. The van der Waals surface area contributed by atoms with Gasteiger partial charge in [-0.05, 0) is 24.3 Å². The SMILES string of the molecule is c1ccc(C2CC(NCCN3CCSCC3)C2)cc1. The lowest BCUT2D eigenvalue weighted by Gasteiger charge is -2.37. The van der Waals surface area contributed by atoms with Gasteiger partial charge in [0.1, 0.15) is 0 Å². The van der Waals surface area contributed by atoms with Gasteiger partial charge in [-0.25, -0.2) is 0 Å². The molecule has 19 heavy (non-hydrogen) atoms. The van der Waals surface area contributed by atoms with Crippen LogP contribution in [0.15, 0.2) is 30.3 Å². The largest absolute Gasteiger partial charge is 0.313 e. The van der Waals surface area contributed by atoms with Crippen molar-refractivity contribution in [1.82, 2.24) is 10.2 Å². The van der Waals surface area contributed by atoms with Crippen LogP contribution in [0.3, 0.4) is 0 Å². The average Bonchev–Trinajstić information content (AvgIpc) is 2.43. The zero-order valence-electron chi connectivity index (χ0n) is 11.6. The van der Waals surface area contributed by atoms with Crippen molar-refractivity contribution in [1.29, 1.82) is 0 Å². The van der Waals surface area contributed by atoms with Gasteiger partial charge in [0.15, 0.2) is 0 Å². The molecule has 1 aromatic rings. The molecule has 1 aliphatic carbocycles. The number of rotatable bonds is 5. The van der Waals surface area contributed by atoms with Gasteiger partial charge in [0.25, 0.3) is 0 Å². The van der Waals surface area contributed by atoms with Crippen molar-refractivity contribution in [2.45, 2.75) is 24.8 Å². The van der Waals surface area contributed by atoms with Gasteiger partial charge in [-0.15, -0.1) is 0 Å². The number of benzene rings is 1. The van der Waals surface area contributed by atoms with E-state index >= 15 is 0 Å². The Balaban J connectivity index is 1.31. The summed E-state index contributed by atoms with van der Waals surface area (Å²) >= 11 is 2.09. The third kappa shape index (κ3) is 3.74. The van der Waals surface area contributed by atoms with Crippen molar-refractivity contribution >= 4 is 11.8 Å². The molecule has 1 saturated heterocycles. The molecule has 0 aromatic heterocycles. The molecule has 0 bridgehead atoms. The maximum atomic E-state index is 3.72. The van der Waals surface area contributed by atoms with Crippen LogP contribution in [0.2, 0.25) is 0 Å². The molecular weight excluding hydrogens is 252 g/mol. The Morgan fingerprint density at radius 1 is 1.11 bits per heavy atom. The summed E-state index contributed by atoms with van der Waals surface area (Å²) < 4.78 is 0. The molecule has 104 valence electrons. The second kappa shape index (κ2) is 6.78. The van der Waals surface area contributed by atoms with Crippen LogP contribution in [0.4, 0.5) is 0 Å². The summed E-state index contributed by atoms with van der Waals surface area (Å²) in [6.45, 7) is 4.96. The summed E-state index contributed by atoms with van der Waals surface area (Å²) in [7, 11) is 0. The smallest absolute Gasteiger partial charge is 0.0108 e. The Labute approximate surface area is 121 Å². The lowest BCUT2D eigenvalue weighted by molar-refractivity contribution is 0.255. The lowest BCUT2D eigenvalue weighted by Crippen LogP contribution is -2.44. The molecule has 1 aliphatic heterocycles. The van der Waals surface area contributed by atoms with Crippen molar-refractivity contribution in [3.05, 3.63) is 35.9 Å². The maximum Gasteiger partial charge on any atom is 0.0108 e. The summed E-state index contributed by atoms with van der Waals surface area (Å²) in [5.41, 5.74) is 1.52. The molecule has 0 amide bonds. The van der Waals surface area contributed by atoms with Crippen molar-refractivity contribution in [3.8, 4) is 0 Å². The van der Waals surface area contributed by atoms with Crippen LogP contribution >= 0.6 is 11.8 Å². The second-order valence-electron chi connectivity index (χ2n) is 5.68. The van der Waals surface area contributed by atoms with E-state index in [-0.39, 0.29) is 0 Å². The summed E-state index contributed by atoms with van der Waals surface area (Å²) in [4.78, 5) is 2.59. The molecule has 2 aliphatic rings. The third-order valence-electron chi connectivity index (χ3n) is 4.37. The van der Waals surface area contributed by atoms with Crippen LogP contribution in [-0.4, -0.2) is 48.6 Å². The number of thioether (sulfide) groups is 1. The summed E-state index contributed by atoms with van der Waals surface area (Å²) in [6, 6.07) is 11.7. The van der Waals surface area contributed by atoms with E-state index in [1.165, 1.54) is 49.5 Å². The first-order valence-corrected chi connectivity index (χ1v) is 8.66. The number of hydrogen-bond donors (Lipinski definition) is 1. The number of nitrogens with zero attached hydrogens (tertiary/aromatic N) is 1. The molecular formula is C16H24N2S. The first kappa shape index (κ1) is 13.5. The predicted molar refractivity (Wildman–Crippen MR) is 84.0 cm³/mol. The standard InChI is InChI=1S/C16H24N2S/c1-2-4-14(5-3-1)15-12-16(13-15)17-6-7-18-8-10-19-11-9-18/h1-5,15-17H,6-13H2. The van der Waals surface area contributed by atoms with Gasteiger partial charge in [0.2, 0.25) is 0 Å². The molecule has 1 N–H and O–H groups in total. The van der Waals surface area contributed by atoms with Crippen LogP contribution < -0.4 is 5.32 Å². The number of nitrogens with one attached hydrogen (secondary N) is 1. The van der Waals surface area contributed by atoms with E-state index in [0.717, 1.165) is 18.5 Å². The monoisotopic (exact) mass is 276 g/mol. The molecule has 2 nitrogen and oxygen atoms in total. The van der Waals surface area contributed by atoms with Gasteiger partial charge in [-0.1, -0.05) is 30.3 Å². The van der Waals surface area contributed by atoms with Crippen molar-refractivity contribution in [2.75, 3.05) is 37.7 Å². The molecule has 1 heterocycles. The lowest BCUT2D eigenvalue weighted by atomic mass is 9.76. The highest BCUT2D eigenvalue weighted by molar-refractivity contribution is 7.99. The molecule has 0 spiro atoms. The van der Waals surface area contributed by atoms with Crippen molar-refractivity contribution in [2.24, 2.45) is 0 Å². The Hall–Kier alpha value is -0.510. The Bertz CT molecular complexity index is 370. The first-order chi connectivity index (χ1) is 9.42. The topological polar surface area (TPSA) is 15.3 Å². The van der Waals surface area contributed by atoms with Crippen LogP contribution in [0.25, 0.3) is 0 Å². The molecule has 1 saturated carbocycles. The molecule has 0 radical (unpaired) electrons. The fraction of sp³-hybridized carbons (Fsp3) is 0.625.